The average molecular weight is 360 g/mol. The van der Waals surface area contributed by atoms with Crippen molar-refractivity contribution in [1.82, 2.24) is 4.90 Å². The molecule has 0 spiro atoms. The molecule has 0 aromatic rings. The van der Waals surface area contributed by atoms with Crippen LogP contribution in [0.2, 0.25) is 0 Å². The molecule has 0 aliphatic heterocycles. The summed E-state index contributed by atoms with van der Waals surface area (Å²) < 4.78 is 0. The maximum absolute atomic E-state index is 3.67. The molecule has 1 nitrogen and oxygen atoms in total. The van der Waals surface area contributed by atoms with Crippen LogP contribution in [0.3, 0.4) is 0 Å². The molecule has 1 radical (unpaired) electrons. The van der Waals surface area contributed by atoms with Crippen LogP contribution in [0.5, 0.6) is 0 Å². The number of hydrogen-bond donors (Lipinski definition) is 0. The van der Waals surface area contributed by atoms with E-state index in [2.05, 4.69) is 27.7 Å². The van der Waals surface area contributed by atoms with E-state index in [1.807, 2.05) is 4.90 Å². The first kappa shape index (κ1) is 42.7. The summed E-state index contributed by atoms with van der Waals surface area (Å²) in [5.74, 6) is 0. The number of rotatable bonds is 3. The van der Waals surface area contributed by atoms with Gasteiger partial charge in [-0.3, -0.25) is 0 Å². The van der Waals surface area contributed by atoms with Gasteiger partial charge in [0.15, 0.2) is 0 Å². The second kappa shape index (κ2) is 42.9. The molecule has 77 valence electrons. The molecule has 0 heterocycles. The van der Waals surface area contributed by atoms with Crippen molar-refractivity contribution in [3.8, 4) is 0 Å². The normalized spacial score (nSPS) is 5.57. The van der Waals surface area contributed by atoms with Gasteiger partial charge in [-0.05, 0) is 0 Å². The molecule has 0 rings (SSSR count). The smallest absolute Gasteiger partial charge is 0.577 e. The van der Waals surface area contributed by atoms with E-state index in [9.17, 15) is 0 Å². The quantitative estimate of drug-likeness (QED) is 0.285. The van der Waals surface area contributed by atoms with E-state index in [0.717, 1.165) is 19.6 Å². The summed E-state index contributed by atoms with van der Waals surface area (Å²) in [6.07, 6.45) is 0. The third-order valence-electron chi connectivity index (χ3n) is 0.949. The second-order valence-corrected chi connectivity index (χ2v) is 1.34. The van der Waals surface area contributed by atoms with Crippen LogP contribution in [-0.2, 0) is 32.7 Å². The van der Waals surface area contributed by atoms with Gasteiger partial charge in [-0.25, -0.2) is 0 Å². The van der Waals surface area contributed by atoms with Crippen LogP contribution in [0.25, 0.3) is 0 Å². The van der Waals surface area contributed by atoms with Crippen LogP contribution in [0, 0.1) is 27.7 Å². The van der Waals surface area contributed by atoms with Gasteiger partial charge in [0.25, 0.3) is 0 Å². The second-order valence-electron chi connectivity index (χ2n) is 1.34. The molecule has 0 saturated carbocycles. The first-order valence-electron chi connectivity index (χ1n) is 3.16. The van der Waals surface area contributed by atoms with E-state index < -0.39 is 0 Å². The van der Waals surface area contributed by atoms with E-state index in [4.69, 9.17) is 0 Å². The Morgan fingerprint density at radius 2 is 0.929 bits per heavy atom. The van der Waals surface area contributed by atoms with E-state index in [0.29, 0.717) is 0 Å². The molecular weight excluding hydrogens is 339 g/mol. The van der Waals surface area contributed by atoms with E-state index >= 15 is 0 Å². The molecule has 0 fully saturated rings. The topological polar surface area (TPSA) is 3.24 Å². The Morgan fingerprint density at radius 1 is 0.786 bits per heavy atom. The van der Waals surface area contributed by atoms with Crippen LogP contribution >= 0.6 is 19.8 Å². The van der Waals surface area contributed by atoms with Crippen LogP contribution in [-0.4, -0.2) is 24.5 Å². The summed E-state index contributed by atoms with van der Waals surface area (Å²) in [5.41, 5.74) is 0. The molecule has 0 amide bonds. The molecule has 0 bridgehead atoms. The van der Waals surface area contributed by atoms with Gasteiger partial charge in [0.2, 0.25) is 0 Å². The van der Waals surface area contributed by atoms with Gasteiger partial charge in [-0.2, -0.15) is 6.92 Å². The van der Waals surface area contributed by atoms with Crippen molar-refractivity contribution < 1.29 is 135 Å². The van der Waals surface area contributed by atoms with Gasteiger partial charge in [0.1, 0.15) is 0 Å². The van der Waals surface area contributed by atoms with Crippen molar-refractivity contribution in [1.29, 1.82) is 0 Å². The molecule has 14 heavy (non-hydrogen) atoms. The van der Waals surface area contributed by atoms with Crippen molar-refractivity contribution in [3.05, 3.63) is 27.7 Å². The zero-order valence-electron chi connectivity index (χ0n) is 10.1. The minimum Gasteiger partial charge on any atom is -0.577 e. The standard InChI is InChI=1S/C6H12N.C2H5.2K.2H2P.Y/c1-4-7(5-2)6-3;1-2;;;;;/h1-6H2;1H2,2H3;;;2*1H2;/q-3;-1;2*+1;2*-1;. The molecule has 0 atom stereocenters. The predicted octanol–water partition coefficient (Wildman–Crippen LogP) is -3.71. The fourth-order valence-electron chi connectivity index (χ4n) is 0.335. The van der Waals surface area contributed by atoms with Gasteiger partial charge >= 0.3 is 103 Å². The minimum absolute atomic E-state index is 0. The summed E-state index contributed by atoms with van der Waals surface area (Å²) in [5, 5.41) is 0. The number of hydrogen-bond acceptors (Lipinski definition) is 1. The van der Waals surface area contributed by atoms with Gasteiger partial charge in [0.05, 0.1) is 0 Å². The predicted molar refractivity (Wildman–Crippen MR) is 63.0 cm³/mol. The van der Waals surface area contributed by atoms with E-state index in [1.54, 1.807) is 6.92 Å². The van der Waals surface area contributed by atoms with Crippen molar-refractivity contribution in [2.24, 2.45) is 0 Å². The zero-order chi connectivity index (χ0) is 7.70. The van der Waals surface area contributed by atoms with Gasteiger partial charge in [-0.1, -0.05) is 0 Å². The molecular formula is C8H21K2NP2Y-4. The summed E-state index contributed by atoms with van der Waals surface area (Å²) in [6.45, 7) is 18.5. The van der Waals surface area contributed by atoms with Crippen LogP contribution in [0.1, 0.15) is 6.92 Å². The Kier molecular flexibility index (Phi) is 131. The zero-order valence-corrected chi connectivity index (χ0v) is 21.5. The molecule has 0 aromatic carbocycles. The van der Waals surface area contributed by atoms with Crippen LogP contribution < -0.4 is 103 Å². The molecule has 0 aromatic heterocycles. The monoisotopic (exact) mass is 360 g/mol. The molecule has 0 N–H and O–H groups in total. The van der Waals surface area contributed by atoms with E-state index in [-0.39, 0.29) is 155 Å². The Bertz CT molecular complexity index is 46.8. The van der Waals surface area contributed by atoms with Crippen molar-refractivity contribution in [3.63, 3.8) is 0 Å². The molecule has 0 aliphatic carbocycles. The Hall–Kier alpha value is 5.20. The van der Waals surface area contributed by atoms with E-state index in [1.165, 1.54) is 0 Å². The summed E-state index contributed by atoms with van der Waals surface area (Å²) >= 11 is 0. The maximum Gasteiger partial charge on any atom is 1.00 e. The van der Waals surface area contributed by atoms with Gasteiger partial charge in [0, 0.05) is 32.7 Å². The third kappa shape index (κ3) is 36.0. The Morgan fingerprint density at radius 3 is 0.929 bits per heavy atom. The van der Waals surface area contributed by atoms with Gasteiger partial charge in [-0.15, -0.1) is 19.6 Å². The third-order valence-corrected chi connectivity index (χ3v) is 0.949. The average Bonchev–Trinajstić information content (AvgIpc) is 1.96. The maximum atomic E-state index is 3.67. The van der Waals surface area contributed by atoms with Crippen LogP contribution in [0.15, 0.2) is 0 Å². The van der Waals surface area contributed by atoms with Gasteiger partial charge < -0.3 is 52.4 Å². The molecule has 0 aliphatic rings. The summed E-state index contributed by atoms with van der Waals surface area (Å²) in [4.78, 5) is 2.04. The number of nitrogens with zero attached hydrogens (tertiary/aromatic N) is 1. The first-order chi connectivity index (χ1) is 4.35. The van der Waals surface area contributed by atoms with Crippen molar-refractivity contribution >= 4 is 19.8 Å². The molecule has 0 unspecified atom stereocenters. The summed E-state index contributed by atoms with van der Waals surface area (Å²) in [6, 6.07) is 0. The largest absolute Gasteiger partial charge is 1.00 e. The fourth-order valence-corrected chi connectivity index (χ4v) is 0.335. The molecule has 0 saturated heterocycles. The molecule has 6 heteroatoms. The minimum atomic E-state index is 0. The first-order valence-corrected chi connectivity index (χ1v) is 3.16. The van der Waals surface area contributed by atoms with Crippen molar-refractivity contribution in [2.75, 3.05) is 19.6 Å². The SMILES string of the molecule is [CH2-]C.[CH2-]CN(C[CH2-])C[CH2-].[K+].[K+].[PH2-].[PH2-].[Y]. The summed E-state index contributed by atoms with van der Waals surface area (Å²) in [7, 11) is 0. The van der Waals surface area contributed by atoms with Crippen molar-refractivity contribution in [2.45, 2.75) is 6.92 Å². The Labute approximate surface area is 209 Å². The Balaban J connectivity index is -0.0000000132. The van der Waals surface area contributed by atoms with Crippen LogP contribution in [0.4, 0.5) is 0 Å². The fraction of sp³-hybridized carbons (Fsp3) is 0.500.